The zero-order chi connectivity index (χ0) is 10.2. The van der Waals surface area contributed by atoms with Crippen molar-refractivity contribution in [1.82, 2.24) is 20.3 Å². The monoisotopic (exact) mass is 194 g/mol. The molecule has 1 N–H and O–H groups in total. The van der Waals surface area contributed by atoms with Crippen molar-refractivity contribution in [3.8, 4) is 0 Å². The maximum Gasteiger partial charge on any atom is 0.0833 e. The zero-order valence-corrected chi connectivity index (χ0v) is 9.12. The average Bonchev–Trinajstić information content (AvgIpc) is 2.43. The smallest absolute Gasteiger partial charge is 0.0833 e. The predicted octanol–water partition coefficient (Wildman–Crippen LogP) is 0.603. The molecule has 0 unspecified atom stereocenters. The van der Waals surface area contributed by atoms with Gasteiger partial charge in [-0.15, -0.1) is 5.10 Å². The number of hydrogen-bond donors (Lipinski definition) is 1. The number of nitrogens with zero attached hydrogens (tertiary/aromatic N) is 3. The first kappa shape index (κ1) is 9.65. The number of hydrogen-bond acceptors (Lipinski definition) is 3. The SMILES string of the molecule is CC(C)C1(Cc2cn(C)nn2)CNC1. The van der Waals surface area contributed by atoms with Gasteiger partial charge in [0.05, 0.1) is 5.69 Å². The predicted molar refractivity (Wildman–Crippen MR) is 54.8 cm³/mol. The fraction of sp³-hybridized carbons (Fsp3) is 0.800. The van der Waals surface area contributed by atoms with Crippen LogP contribution in [0.15, 0.2) is 6.20 Å². The maximum absolute atomic E-state index is 4.15. The minimum Gasteiger partial charge on any atom is -0.315 e. The van der Waals surface area contributed by atoms with Crippen LogP contribution < -0.4 is 5.32 Å². The van der Waals surface area contributed by atoms with Crippen LogP contribution in [0.1, 0.15) is 19.5 Å². The quantitative estimate of drug-likeness (QED) is 0.766. The van der Waals surface area contributed by atoms with Gasteiger partial charge in [-0.05, 0) is 5.92 Å². The molecule has 4 nitrogen and oxygen atoms in total. The molecule has 1 aromatic heterocycles. The van der Waals surface area contributed by atoms with Crippen molar-refractivity contribution in [2.45, 2.75) is 20.3 Å². The normalized spacial score (nSPS) is 19.7. The molecular formula is C10H18N4. The van der Waals surface area contributed by atoms with Gasteiger partial charge in [0, 0.05) is 38.2 Å². The van der Waals surface area contributed by atoms with Crippen LogP contribution in [0.5, 0.6) is 0 Å². The van der Waals surface area contributed by atoms with Gasteiger partial charge >= 0.3 is 0 Å². The highest BCUT2D eigenvalue weighted by molar-refractivity contribution is 5.05. The molecule has 0 radical (unpaired) electrons. The molecule has 1 aliphatic rings. The van der Waals surface area contributed by atoms with E-state index in [1.54, 1.807) is 4.68 Å². The van der Waals surface area contributed by atoms with E-state index < -0.39 is 0 Å². The molecule has 1 saturated heterocycles. The van der Waals surface area contributed by atoms with Crippen molar-refractivity contribution in [3.63, 3.8) is 0 Å². The highest BCUT2D eigenvalue weighted by Crippen LogP contribution is 2.34. The summed E-state index contributed by atoms with van der Waals surface area (Å²) < 4.78 is 1.77. The Balaban J connectivity index is 2.08. The summed E-state index contributed by atoms with van der Waals surface area (Å²) in [4.78, 5) is 0. The van der Waals surface area contributed by atoms with Crippen molar-refractivity contribution in [3.05, 3.63) is 11.9 Å². The first-order valence-electron chi connectivity index (χ1n) is 5.18. The summed E-state index contributed by atoms with van der Waals surface area (Å²) in [6.45, 7) is 6.80. The summed E-state index contributed by atoms with van der Waals surface area (Å²) >= 11 is 0. The van der Waals surface area contributed by atoms with Crippen LogP contribution in [-0.2, 0) is 13.5 Å². The van der Waals surface area contributed by atoms with Crippen LogP contribution in [0.2, 0.25) is 0 Å². The van der Waals surface area contributed by atoms with E-state index in [1.807, 2.05) is 13.2 Å². The molecule has 0 spiro atoms. The van der Waals surface area contributed by atoms with E-state index in [9.17, 15) is 0 Å². The van der Waals surface area contributed by atoms with Gasteiger partial charge in [-0.1, -0.05) is 19.1 Å². The first-order chi connectivity index (χ1) is 6.62. The molecular weight excluding hydrogens is 176 g/mol. The highest BCUT2D eigenvalue weighted by Gasteiger charge is 2.40. The molecule has 0 bridgehead atoms. The second kappa shape index (κ2) is 3.35. The maximum atomic E-state index is 4.15. The Kier molecular flexibility index (Phi) is 2.31. The lowest BCUT2D eigenvalue weighted by Crippen LogP contribution is -2.57. The number of aryl methyl sites for hydroxylation is 1. The summed E-state index contributed by atoms with van der Waals surface area (Å²) in [7, 11) is 1.91. The van der Waals surface area contributed by atoms with Gasteiger partial charge in [0.15, 0.2) is 0 Å². The van der Waals surface area contributed by atoms with E-state index in [4.69, 9.17) is 0 Å². The van der Waals surface area contributed by atoms with Crippen LogP contribution in [0.4, 0.5) is 0 Å². The average molecular weight is 194 g/mol. The molecule has 14 heavy (non-hydrogen) atoms. The van der Waals surface area contributed by atoms with Gasteiger partial charge in [0.25, 0.3) is 0 Å². The molecule has 1 aliphatic heterocycles. The summed E-state index contributed by atoms with van der Waals surface area (Å²) in [5.74, 6) is 0.700. The Bertz CT molecular complexity index is 312. The van der Waals surface area contributed by atoms with Crippen LogP contribution in [0, 0.1) is 11.3 Å². The Morgan fingerprint density at radius 3 is 2.64 bits per heavy atom. The Morgan fingerprint density at radius 2 is 2.29 bits per heavy atom. The van der Waals surface area contributed by atoms with Crippen molar-refractivity contribution >= 4 is 0 Å². The molecule has 4 heteroatoms. The minimum absolute atomic E-state index is 0.413. The van der Waals surface area contributed by atoms with Crippen LogP contribution in [0.25, 0.3) is 0 Å². The standard InChI is InChI=1S/C10H18N4/c1-8(2)10(6-11-7-10)4-9-5-14(3)13-12-9/h5,8,11H,4,6-7H2,1-3H3. The Hall–Kier alpha value is -0.900. The van der Waals surface area contributed by atoms with Gasteiger partial charge in [0.1, 0.15) is 0 Å². The van der Waals surface area contributed by atoms with Gasteiger partial charge in [-0.2, -0.15) is 0 Å². The topological polar surface area (TPSA) is 42.7 Å². The summed E-state index contributed by atoms with van der Waals surface area (Å²) in [6, 6.07) is 0. The summed E-state index contributed by atoms with van der Waals surface area (Å²) in [6.07, 6.45) is 3.06. The minimum atomic E-state index is 0.413. The molecule has 2 heterocycles. The Labute approximate surface area is 84.7 Å². The first-order valence-corrected chi connectivity index (χ1v) is 5.18. The third-order valence-electron chi connectivity index (χ3n) is 3.36. The molecule has 0 aliphatic carbocycles. The van der Waals surface area contributed by atoms with Gasteiger partial charge in [-0.25, -0.2) is 0 Å². The number of aromatic nitrogens is 3. The number of nitrogens with one attached hydrogen (secondary N) is 1. The van der Waals surface area contributed by atoms with Gasteiger partial charge in [0.2, 0.25) is 0 Å². The fourth-order valence-electron chi connectivity index (χ4n) is 2.02. The van der Waals surface area contributed by atoms with Crippen LogP contribution in [0.3, 0.4) is 0 Å². The lowest BCUT2D eigenvalue weighted by molar-refractivity contribution is 0.0981. The highest BCUT2D eigenvalue weighted by atomic mass is 15.4. The summed E-state index contributed by atoms with van der Waals surface area (Å²) in [5, 5.41) is 11.5. The summed E-state index contributed by atoms with van der Waals surface area (Å²) in [5.41, 5.74) is 1.53. The van der Waals surface area contributed by atoms with Crippen LogP contribution >= 0.6 is 0 Å². The lowest BCUT2D eigenvalue weighted by atomic mass is 9.69. The van der Waals surface area contributed by atoms with E-state index in [-0.39, 0.29) is 0 Å². The second-order valence-electron chi connectivity index (χ2n) is 4.68. The Morgan fingerprint density at radius 1 is 1.57 bits per heavy atom. The largest absolute Gasteiger partial charge is 0.315 e. The second-order valence-corrected chi connectivity index (χ2v) is 4.68. The van der Waals surface area contributed by atoms with Gasteiger partial charge in [-0.3, -0.25) is 4.68 Å². The van der Waals surface area contributed by atoms with E-state index in [0.717, 1.165) is 25.2 Å². The fourth-order valence-corrected chi connectivity index (χ4v) is 2.02. The van der Waals surface area contributed by atoms with Crippen molar-refractivity contribution < 1.29 is 0 Å². The molecule has 0 amide bonds. The lowest BCUT2D eigenvalue weighted by Gasteiger charge is -2.45. The molecule has 0 aromatic carbocycles. The third-order valence-corrected chi connectivity index (χ3v) is 3.36. The molecule has 1 fully saturated rings. The van der Waals surface area contributed by atoms with E-state index in [1.165, 1.54) is 0 Å². The van der Waals surface area contributed by atoms with E-state index in [0.29, 0.717) is 11.3 Å². The van der Waals surface area contributed by atoms with Gasteiger partial charge < -0.3 is 5.32 Å². The van der Waals surface area contributed by atoms with Crippen LogP contribution in [-0.4, -0.2) is 28.1 Å². The molecule has 2 rings (SSSR count). The van der Waals surface area contributed by atoms with Crippen molar-refractivity contribution in [2.75, 3.05) is 13.1 Å². The molecule has 1 aromatic rings. The number of rotatable bonds is 3. The molecule has 0 saturated carbocycles. The van der Waals surface area contributed by atoms with Crippen molar-refractivity contribution in [2.24, 2.45) is 18.4 Å². The third kappa shape index (κ3) is 1.54. The van der Waals surface area contributed by atoms with Crippen molar-refractivity contribution in [1.29, 1.82) is 0 Å². The molecule has 0 atom stereocenters. The molecule has 78 valence electrons. The van der Waals surface area contributed by atoms with E-state index >= 15 is 0 Å². The van der Waals surface area contributed by atoms with E-state index in [2.05, 4.69) is 29.5 Å². The zero-order valence-electron chi connectivity index (χ0n) is 9.12.